The topological polar surface area (TPSA) is 108 Å². The van der Waals surface area contributed by atoms with Crippen LogP contribution < -0.4 is 5.32 Å². The lowest BCUT2D eigenvalue weighted by Crippen LogP contribution is -2.16. The van der Waals surface area contributed by atoms with Gasteiger partial charge in [0, 0.05) is 30.0 Å². The second kappa shape index (κ2) is 6.06. The fourth-order valence-electron chi connectivity index (χ4n) is 4.20. The fraction of sp³-hybridized carbons (Fsp3) is 0.316. The summed E-state index contributed by atoms with van der Waals surface area (Å²) >= 11 is 0. The number of nitrogens with one attached hydrogen (secondary N) is 2. The van der Waals surface area contributed by atoms with Crippen molar-refractivity contribution in [2.24, 2.45) is 5.92 Å². The minimum atomic E-state index is 0.307. The monoisotopic (exact) mass is 358 g/mol. The molecule has 8 nitrogen and oxygen atoms in total. The van der Waals surface area contributed by atoms with Crippen LogP contribution in [0.25, 0.3) is 16.8 Å². The first kappa shape index (κ1) is 15.8. The van der Waals surface area contributed by atoms with Crippen LogP contribution in [0.15, 0.2) is 37.1 Å². The van der Waals surface area contributed by atoms with Crippen molar-refractivity contribution >= 4 is 22.6 Å². The van der Waals surface area contributed by atoms with E-state index in [1.54, 1.807) is 6.20 Å². The smallest absolute Gasteiger partial charge is 0.158 e. The molecule has 134 valence electrons. The van der Waals surface area contributed by atoms with E-state index in [2.05, 4.69) is 41.6 Å². The summed E-state index contributed by atoms with van der Waals surface area (Å²) in [5.41, 5.74) is 4.35. The average molecular weight is 358 g/mol. The normalized spacial score (nSPS) is 22.3. The van der Waals surface area contributed by atoms with Crippen molar-refractivity contribution in [3.63, 3.8) is 0 Å². The summed E-state index contributed by atoms with van der Waals surface area (Å²) in [6.07, 6.45) is 10.9. The van der Waals surface area contributed by atoms with Gasteiger partial charge in [-0.05, 0) is 24.8 Å². The minimum Gasteiger partial charge on any atom is -0.366 e. The van der Waals surface area contributed by atoms with Crippen LogP contribution in [0.3, 0.4) is 0 Å². The highest BCUT2D eigenvalue weighted by Gasteiger charge is 2.34. The molecule has 0 aliphatic heterocycles. The Labute approximate surface area is 155 Å². The van der Waals surface area contributed by atoms with Crippen LogP contribution in [0, 0.1) is 17.2 Å². The van der Waals surface area contributed by atoms with Gasteiger partial charge in [-0.25, -0.2) is 19.9 Å². The maximum absolute atomic E-state index is 8.85. The molecule has 0 aromatic carbocycles. The number of fused-ring (bicyclic) bond motifs is 3. The molecule has 1 aliphatic carbocycles. The van der Waals surface area contributed by atoms with Gasteiger partial charge < -0.3 is 10.3 Å². The number of anilines is 1. The van der Waals surface area contributed by atoms with E-state index in [4.69, 9.17) is 5.26 Å². The molecule has 4 heterocycles. The van der Waals surface area contributed by atoms with Gasteiger partial charge in [-0.1, -0.05) is 6.92 Å². The van der Waals surface area contributed by atoms with Gasteiger partial charge >= 0.3 is 0 Å². The molecule has 4 aromatic heterocycles. The van der Waals surface area contributed by atoms with E-state index in [1.165, 1.54) is 11.9 Å². The second-order valence-electron chi connectivity index (χ2n) is 7.14. The van der Waals surface area contributed by atoms with Crippen LogP contribution in [0.2, 0.25) is 0 Å². The molecule has 27 heavy (non-hydrogen) atoms. The van der Waals surface area contributed by atoms with Crippen molar-refractivity contribution in [1.29, 1.82) is 5.26 Å². The Morgan fingerprint density at radius 1 is 1.15 bits per heavy atom. The SMILES string of the molecule is C[C@@H]1C[C@H](Nc2cnc(C#N)cn2)C[C@H]1c1cnc2cnc3[nH]ccc3n12. The summed E-state index contributed by atoms with van der Waals surface area (Å²) in [5.74, 6) is 1.61. The number of rotatable bonds is 3. The number of aromatic nitrogens is 6. The third kappa shape index (κ3) is 2.59. The first-order valence-electron chi connectivity index (χ1n) is 9.01. The summed E-state index contributed by atoms with van der Waals surface area (Å²) in [7, 11) is 0. The van der Waals surface area contributed by atoms with Crippen LogP contribution in [-0.4, -0.2) is 35.4 Å². The van der Waals surface area contributed by atoms with E-state index in [0.29, 0.717) is 29.4 Å². The Kier molecular flexibility index (Phi) is 3.53. The lowest BCUT2D eigenvalue weighted by Gasteiger charge is -2.15. The maximum Gasteiger partial charge on any atom is 0.158 e. The number of aromatic amines is 1. The van der Waals surface area contributed by atoms with Crippen molar-refractivity contribution in [3.8, 4) is 6.07 Å². The van der Waals surface area contributed by atoms with Gasteiger partial charge in [0.15, 0.2) is 17.0 Å². The van der Waals surface area contributed by atoms with Crippen molar-refractivity contribution < 1.29 is 0 Å². The molecule has 1 aliphatic rings. The molecule has 8 heteroatoms. The van der Waals surface area contributed by atoms with Gasteiger partial charge in [-0.2, -0.15) is 5.26 Å². The van der Waals surface area contributed by atoms with Crippen molar-refractivity contribution in [3.05, 3.63) is 48.4 Å². The molecule has 2 N–H and O–H groups in total. The molecule has 0 bridgehead atoms. The standard InChI is InChI=1S/C19H18N8/c1-11-4-12(26-17-9-22-13(6-20)7-23-17)5-14(11)16-8-24-18-10-25-19-15(27(16)18)2-3-21-19/h2-3,7-12,14,21H,4-5H2,1H3,(H,23,26)/t11-,12+,14-/m1/s1. The molecular weight excluding hydrogens is 340 g/mol. The Morgan fingerprint density at radius 2 is 2.07 bits per heavy atom. The van der Waals surface area contributed by atoms with E-state index in [1.807, 2.05) is 30.7 Å². The van der Waals surface area contributed by atoms with Crippen molar-refractivity contribution in [1.82, 2.24) is 29.3 Å². The number of H-pyrrole nitrogens is 1. The van der Waals surface area contributed by atoms with Gasteiger partial charge in [0.05, 0.1) is 24.1 Å². The molecular formula is C19H18N8. The number of imidazole rings is 1. The predicted molar refractivity (Wildman–Crippen MR) is 100 cm³/mol. The number of nitriles is 1. The summed E-state index contributed by atoms with van der Waals surface area (Å²) < 4.78 is 2.21. The van der Waals surface area contributed by atoms with Gasteiger partial charge in [-0.3, -0.25) is 4.40 Å². The van der Waals surface area contributed by atoms with Gasteiger partial charge in [0.1, 0.15) is 11.9 Å². The zero-order valence-electron chi connectivity index (χ0n) is 14.8. The number of hydrogen-bond acceptors (Lipinski definition) is 6. The highest BCUT2D eigenvalue weighted by Crippen LogP contribution is 2.41. The molecule has 0 amide bonds. The van der Waals surface area contributed by atoms with Crippen molar-refractivity contribution in [2.75, 3.05) is 5.32 Å². The van der Waals surface area contributed by atoms with Crippen LogP contribution in [0.4, 0.5) is 5.82 Å². The molecule has 0 spiro atoms. The first-order chi connectivity index (χ1) is 13.2. The van der Waals surface area contributed by atoms with Gasteiger partial charge in [0.25, 0.3) is 0 Å². The highest BCUT2D eigenvalue weighted by molar-refractivity contribution is 5.74. The summed E-state index contributed by atoms with van der Waals surface area (Å²) in [5, 5.41) is 12.3. The number of nitrogens with zero attached hydrogens (tertiary/aromatic N) is 6. The summed E-state index contributed by atoms with van der Waals surface area (Å²) in [6, 6.07) is 4.34. The van der Waals surface area contributed by atoms with E-state index in [0.717, 1.165) is 29.7 Å². The maximum atomic E-state index is 8.85. The fourth-order valence-corrected chi connectivity index (χ4v) is 4.20. The Balaban J connectivity index is 1.43. The van der Waals surface area contributed by atoms with E-state index in [-0.39, 0.29) is 0 Å². The molecule has 4 aromatic rings. The molecule has 5 rings (SSSR count). The quantitative estimate of drug-likeness (QED) is 0.583. The molecule has 0 unspecified atom stereocenters. The predicted octanol–water partition coefficient (Wildman–Crippen LogP) is 2.87. The minimum absolute atomic E-state index is 0.307. The molecule has 1 fully saturated rings. The number of hydrogen-bond donors (Lipinski definition) is 2. The Hall–Kier alpha value is -3.47. The largest absolute Gasteiger partial charge is 0.366 e. The third-order valence-corrected chi connectivity index (χ3v) is 5.45. The highest BCUT2D eigenvalue weighted by atomic mass is 15.1. The molecule has 1 saturated carbocycles. The Morgan fingerprint density at radius 3 is 2.89 bits per heavy atom. The van der Waals surface area contributed by atoms with Crippen LogP contribution in [-0.2, 0) is 0 Å². The molecule has 3 atom stereocenters. The van der Waals surface area contributed by atoms with Gasteiger partial charge in [-0.15, -0.1) is 0 Å². The second-order valence-corrected chi connectivity index (χ2v) is 7.14. The van der Waals surface area contributed by atoms with E-state index in [9.17, 15) is 0 Å². The summed E-state index contributed by atoms with van der Waals surface area (Å²) in [4.78, 5) is 20.5. The van der Waals surface area contributed by atoms with Crippen LogP contribution in [0.5, 0.6) is 0 Å². The lowest BCUT2D eigenvalue weighted by molar-refractivity contribution is 0.520. The van der Waals surface area contributed by atoms with Crippen LogP contribution in [0.1, 0.15) is 37.1 Å². The average Bonchev–Trinajstić information content (AvgIpc) is 3.39. The first-order valence-corrected chi connectivity index (χ1v) is 9.01. The molecule has 0 radical (unpaired) electrons. The van der Waals surface area contributed by atoms with Gasteiger partial charge in [0.2, 0.25) is 0 Å². The van der Waals surface area contributed by atoms with Crippen molar-refractivity contribution in [2.45, 2.75) is 31.7 Å². The Bertz CT molecular complexity index is 1150. The zero-order valence-corrected chi connectivity index (χ0v) is 14.8. The van der Waals surface area contributed by atoms with E-state index < -0.39 is 0 Å². The molecule has 0 saturated heterocycles. The summed E-state index contributed by atoms with van der Waals surface area (Å²) in [6.45, 7) is 2.28. The van der Waals surface area contributed by atoms with Crippen LogP contribution >= 0.6 is 0 Å². The third-order valence-electron chi connectivity index (χ3n) is 5.45. The lowest BCUT2D eigenvalue weighted by atomic mass is 9.95. The van der Waals surface area contributed by atoms with E-state index >= 15 is 0 Å². The zero-order chi connectivity index (χ0) is 18.4.